The first-order valence-corrected chi connectivity index (χ1v) is 8.22. The molecule has 0 saturated carbocycles. The summed E-state index contributed by atoms with van der Waals surface area (Å²) in [5.41, 5.74) is 1.36. The van der Waals surface area contributed by atoms with Crippen LogP contribution in [0.2, 0.25) is 5.02 Å². The highest BCUT2D eigenvalue weighted by molar-refractivity contribution is 7.22. The summed E-state index contributed by atoms with van der Waals surface area (Å²) in [6.45, 7) is 5.74. The van der Waals surface area contributed by atoms with Gasteiger partial charge >= 0.3 is 0 Å². The van der Waals surface area contributed by atoms with Crippen LogP contribution in [0.3, 0.4) is 0 Å². The number of nitrogens with zero attached hydrogens (tertiary/aromatic N) is 2. The summed E-state index contributed by atoms with van der Waals surface area (Å²) < 4.78 is 1.19. The second-order valence-electron chi connectivity index (χ2n) is 6.10. The van der Waals surface area contributed by atoms with Crippen LogP contribution in [-0.4, -0.2) is 36.6 Å². The van der Waals surface area contributed by atoms with Crippen LogP contribution in [0.1, 0.15) is 19.8 Å². The summed E-state index contributed by atoms with van der Waals surface area (Å²) in [6, 6.07) is 5.89. The highest BCUT2D eigenvalue weighted by atomic mass is 35.5. The number of benzene rings is 1. The highest BCUT2D eigenvalue weighted by Gasteiger charge is 2.28. The second kappa shape index (κ2) is 5.51. The van der Waals surface area contributed by atoms with Gasteiger partial charge in [-0.25, -0.2) is 4.98 Å². The number of hydrogen-bond acceptors (Lipinski definition) is 4. The zero-order valence-electron chi connectivity index (χ0n) is 11.9. The third-order valence-corrected chi connectivity index (χ3v) is 5.44. The lowest BCUT2D eigenvalue weighted by atomic mass is 9.80. The van der Waals surface area contributed by atoms with E-state index in [1.807, 2.05) is 18.2 Å². The van der Waals surface area contributed by atoms with E-state index in [4.69, 9.17) is 11.6 Å². The predicted octanol–water partition coefficient (Wildman–Crippen LogP) is 4.09. The normalized spacial score (nSPS) is 19.4. The molecule has 3 rings (SSSR count). The molecule has 5 heteroatoms. The van der Waals surface area contributed by atoms with Crippen LogP contribution >= 0.6 is 22.9 Å². The van der Waals surface area contributed by atoms with E-state index in [0.717, 1.165) is 22.2 Å². The van der Waals surface area contributed by atoms with Crippen molar-refractivity contribution in [1.82, 2.24) is 9.88 Å². The zero-order chi connectivity index (χ0) is 14.2. The molecule has 108 valence electrons. The minimum atomic E-state index is 0.377. The first kappa shape index (κ1) is 14.1. The SMILES string of the molecule is CN1CCC(C)(CNc2nc3cc(Cl)ccc3s2)CC1. The number of nitrogens with one attached hydrogen (secondary N) is 1. The lowest BCUT2D eigenvalue weighted by Gasteiger charge is -2.37. The number of anilines is 1. The van der Waals surface area contributed by atoms with Crippen molar-refractivity contribution in [3.63, 3.8) is 0 Å². The van der Waals surface area contributed by atoms with Crippen LogP contribution in [0.25, 0.3) is 10.2 Å². The number of hydrogen-bond donors (Lipinski definition) is 1. The molecule has 1 saturated heterocycles. The summed E-state index contributed by atoms with van der Waals surface area (Å²) in [5.74, 6) is 0. The minimum absolute atomic E-state index is 0.377. The third kappa shape index (κ3) is 3.08. The van der Waals surface area contributed by atoms with E-state index in [9.17, 15) is 0 Å². The van der Waals surface area contributed by atoms with Crippen LogP contribution in [0.4, 0.5) is 5.13 Å². The van der Waals surface area contributed by atoms with Gasteiger partial charge in [0.05, 0.1) is 10.2 Å². The fourth-order valence-electron chi connectivity index (χ4n) is 2.60. The fraction of sp³-hybridized carbons (Fsp3) is 0.533. The maximum absolute atomic E-state index is 6.00. The molecule has 0 amide bonds. The van der Waals surface area contributed by atoms with E-state index in [-0.39, 0.29) is 0 Å². The van der Waals surface area contributed by atoms with Crippen molar-refractivity contribution in [2.45, 2.75) is 19.8 Å². The smallest absolute Gasteiger partial charge is 0.183 e. The Hall–Kier alpha value is -0.840. The highest BCUT2D eigenvalue weighted by Crippen LogP contribution is 2.33. The fourth-order valence-corrected chi connectivity index (χ4v) is 3.61. The number of rotatable bonds is 3. The largest absolute Gasteiger partial charge is 0.361 e. The molecule has 1 aromatic carbocycles. The molecule has 0 atom stereocenters. The summed E-state index contributed by atoms with van der Waals surface area (Å²) >= 11 is 7.70. The summed E-state index contributed by atoms with van der Waals surface area (Å²) in [4.78, 5) is 7.02. The molecular weight excluding hydrogens is 290 g/mol. The van der Waals surface area contributed by atoms with Crippen molar-refractivity contribution in [1.29, 1.82) is 0 Å². The first-order valence-electron chi connectivity index (χ1n) is 7.03. The summed E-state index contributed by atoms with van der Waals surface area (Å²) in [6.07, 6.45) is 2.49. The van der Waals surface area contributed by atoms with Gasteiger partial charge in [0.25, 0.3) is 0 Å². The average Bonchev–Trinajstić information content (AvgIpc) is 2.82. The Morgan fingerprint density at radius 1 is 1.40 bits per heavy atom. The van der Waals surface area contributed by atoms with Crippen LogP contribution in [0, 0.1) is 5.41 Å². The monoisotopic (exact) mass is 309 g/mol. The molecule has 20 heavy (non-hydrogen) atoms. The second-order valence-corrected chi connectivity index (χ2v) is 7.57. The van der Waals surface area contributed by atoms with E-state index in [2.05, 4.69) is 29.2 Å². The molecule has 3 nitrogen and oxygen atoms in total. The standard InChI is InChI=1S/C15H20ClN3S/c1-15(5-7-19(2)8-6-15)10-17-14-18-12-9-11(16)3-4-13(12)20-14/h3-4,9H,5-8,10H2,1-2H3,(H,17,18). The predicted molar refractivity (Wildman–Crippen MR) is 88.0 cm³/mol. The van der Waals surface area contributed by atoms with Crippen LogP contribution in [-0.2, 0) is 0 Å². The van der Waals surface area contributed by atoms with E-state index < -0.39 is 0 Å². The van der Waals surface area contributed by atoms with Gasteiger partial charge in [0, 0.05) is 11.6 Å². The molecule has 0 unspecified atom stereocenters. The van der Waals surface area contributed by atoms with Gasteiger partial charge in [0.15, 0.2) is 5.13 Å². The zero-order valence-corrected chi connectivity index (χ0v) is 13.5. The van der Waals surface area contributed by atoms with E-state index in [1.54, 1.807) is 11.3 Å². The topological polar surface area (TPSA) is 28.2 Å². The third-order valence-electron chi connectivity index (χ3n) is 4.21. The van der Waals surface area contributed by atoms with Gasteiger partial charge in [-0.15, -0.1) is 0 Å². The molecule has 2 aromatic rings. The summed E-state index contributed by atoms with van der Waals surface area (Å²) in [7, 11) is 2.20. The van der Waals surface area contributed by atoms with Crippen LogP contribution in [0.5, 0.6) is 0 Å². The Labute approximate surface area is 128 Å². The maximum Gasteiger partial charge on any atom is 0.183 e. The van der Waals surface area contributed by atoms with Gasteiger partial charge in [-0.3, -0.25) is 0 Å². The van der Waals surface area contributed by atoms with Crippen molar-refractivity contribution in [2.75, 3.05) is 32.0 Å². The van der Waals surface area contributed by atoms with Gasteiger partial charge in [0.1, 0.15) is 0 Å². The molecule has 0 radical (unpaired) electrons. The Balaban J connectivity index is 1.67. The van der Waals surface area contributed by atoms with Crippen molar-refractivity contribution in [3.8, 4) is 0 Å². The molecular formula is C15H20ClN3S. The van der Waals surface area contributed by atoms with Gasteiger partial charge in [0.2, 0.25) is 0 Å². The van der Waals surface area contributed by atoms with Gasteiger partial charge in [-0.05, 0) is 56.6 Å². The van der Waals surface area contributed by atoms with Gasteiger partial charge in [-0.2, -0.15) is 0 Å². The molecule has 2 heterocycles. The van der Waals surface area contributed by atoms with Gasteiger partial charge < -0.3 is 10.2 Å². The van der Waals surface area contributed by atoms with Crippen LogP contribution < -0.4 is 5.32 Å². The molecule has 1 aliphatic rings. The minimum Gasteiger partial charge on any atom is -0.361 e. The lowest BCUT2D eigenvalue weighted by Crippen LogP contribution is -2.40. The Kier molecular flexibility index (Phi) is 3.89. The number of aromatic nitrogens is 1. The van der Waals surface area contributed by atoms with E-state index in [1.165, 1.54) is 30.6 Å². The van der Waals surface area contributed by atoms with Crippen molar-refractivity contribution >= 4 is 38.3 Å². The van der Waals surface area contributed by atoms with E-state index in [0.29, 0.717) is 5.41 Å². The number of likely N-dealkylation sites (tertiary alicyclic amines) is 1. The average molecular weight is 310 g/mol. The molecule has 0 bridgehead atoms. The molecule has 1 aliphatic heterocycles. The molecule has 0 aliphatic carbocycles. The molecule has 1 fully saturated rings. The number of halogens is 1. The van der Waals surface area contributed by atoms with Crippen molar-refractivity contribution in [3.05, 3.63) is 23.2 Å². The Bertz CT molecular complexity index is 602. The molecule has 1 aromatic heterocycles. The number of thiazole rings is 1. The van der Waals surface area contributed by atoms with Gasteiger partial charge in [-0.1, -0.05) is 29.9 Å². The maximum atomic E-state index is 6.00. The summed E-state index contributed by atoms with van der Waals surface area (Å²) in [5, 5.41) is 5.27. The van der Waals surface area contributed by atoms with E-state index >= 15 is 0 Å². The lowest BCUT2D eigenvalue weighted by molar-refractivity contribution is 0.150. The Morgan fingerprint density at radius 3 is 2.90 bits per heavy atom. The first-order chi connectivity index (χ1) is 9.54. The van der Waals surface area contributed by atoms with Crippen molar-refractivity contribution < 1.29 is 0 Å². The van der Waals surface area contributed by atoms with Crippen LogP contribution in [0.15, 0.2) is 18.2 Å². The Morgan fingerprint density at radius 2 is 2.15 bits per heavy atom. The number of piperidine rings is 1. The van der Waals surface area contributed by atoms with Crippen molar-refractivity contribution in [2.24, 2.45) is 5.41 Å². The quantitative estimate of drug-likeness (QED) is 0.925. The molecule has 1 N–H and O–H groups in total. The number of fused-ring (bicyclic) bond motifs is 1. The molecule has 0 spiro atoms.